The molecule has 1 aliphatic heterocycles. The number of amides is 1. The molecule has 0 saturated carbocycles. The van der Waals surface area contributed by atoms with Crippen molar-refractivity contribution in [2.45, 2.75) is 39.7 Å². The number of para-hydroxylation sites is 1. The van der Waals surface area contributed by atoms with Gasteiger partial charge in [0.1, 0.15) is 17.3 Å². The molecule has 1 heterocycles. The van der Waals surface area contributed by atoms with Crippen molar-refractivity contribution in [2.75, 3.05) is 18.6 Å². The molecule has 186 valence electrons. The molecule has 1 saturated heterocycles. The van der Waals surface area contributed by atoms with Crippen LogP contribution in [-0.2, 0) is 16.0 Å². The molecule has 0 aliphatic carbocycles. The van der Waals surface area contributed by atoms with Crippen LogP contribution in [0.25, 0.3) is 5.76 Å². The Morgan fingerprint density at radius 2 is 1.69 bits per heavy atom. The maximum absolute atomic E-state index is 13.4. The highest BCUT2D eigenvalue weighted by molar-refractivity contribution is 6.51. The summed E-state index contributed by atoms with van der Waals surface area (Å²) in [6.07, 6.45) is 1.73. The summed E-state index contributed by atoms with van der Waals surface area (Å²) in [6, 6.07) is 19.2. The molecule has 0 aromatic heterocycles. The van der Waals surface area contributed by atoms with E-state index in [0.717, 1.165) is 24.0 Å². The predicted molar refractivity (Wildman–Crippen MR) is 141 cm³/mol. The second kappa shape index (κ2) is 10.7. The van der Waals surface area contributed by atoms with Crippen molar-refractivity contribution >= 4 is 23.1 Å². The van der Waals surface area contributed by atoms with Crippen LogP contribution in [0.2, 0.25) is 0 Å². The third-order valence-corrected chi connectivity index (χ3v) is 6.41. The first-order valence-electron chi connectivity index (χ1n) is 12.2. The number of rotatable bonds is 8. The van der Waals surface area contributed by atoms with Gasteiger partial charge in [-0.2, -0.15) is 0 Å². The zero-order valence-corrected chi connectivity index (χ0v) is 21.1. The fraction of sp³-hybridized carbons (Fsp3) is 0.267. The number of carbonyl (C=O) groups is 2. The van der Waals surface area contributed by atoms with Crippen LogP contribution in [0.1, 0.15) is 48.6 Å². The average Bonchev–Trinajstić information content (AvgIpc) is 3.17. The first-order chi connectivity index (χ1) is 17.4. The Morgan fingerprint density at radius 3 is 2.33 bits per heavy atom. The normalized spacial score (nSPS) is 16.9. The quantitative estimate of drug-likeness (QED) is 0.241. The van der Waals surface area contributed by atoms with Crippen LogP contribution in [-0.4, -0.2) is 30.5 Å². The van der Waals surface area contributed by atoms with Crippen molar-refractivity contribution in [1.29, 1.82) is 0 Å². The third-order valence-electron chi connectivity index (χ3n) is 6.41. The number of hydrogen-bond acceptors (Lipinski definition) is 5. The molecule has 1 fully saturated rings. The molecule has 0 radical (unpaired) electrons. The van der Waals surface area contributed by atoms with E-state index < -0.39 is 17.7 Å². The van der Waals surface area contributed by atoms with Crippen LogP contribution >= 0.6 is 0 Å². The molecule has 3 aromatic carbocycles. The number of benzene rings is 3. The summed E-state index contributed by atoms with van der Waals surface area (Å²) in [7, 11) is 1.54. The molecule has 0 bridgehead atoms. The van der Waals surface area contributed by atoms with Crippen LogP contribution in [0.5, 0.6) is 11.5 Å². The van der Waals surface area contributed by atoms with Gasteiger partial charge in [0.25, 0.3) is 11.7 Å². The lowest BCUT2D eigenvalue weighted by atomic mass is 9.94. The summed E-state index contributed by atoms with van der Waals surface area (Å²) >= 11 is 0. The Balaban J connectivity index is 1.90. The summed E-state index contributed by atoms with van der Waals surface area (Å²) in [5.74, 6) is -0.443. The first kappa shape index (κ1) is 25.0. The molecular formula is C30H31NO5. The smallest absolute Gasteiger partial charge is 0.300 e. The van der Waals surface area contributed by atoms with Crippen molar-refractivity contribution in [2.24, 2.45) is 0 Å². The minimum atomic E-state index is -0.857. The number of ketones is 1. The Hall–Kier alpha value is -4.06. The maximum Gasteiger partial charge on any atom is 0.300 e. The second-order valence-electron chi connectivity index (χ2n) is 8.76. The number of aliphatic hydroxyl groups is 1. The van der Waals surface area contributed by atoms with Gasteiger partial charge in [-0.05, 0) is 67.3 Å². The van der Waals surface area contributed by atoms with Crippen molar-refractivity contribution in [3.05, 3.63) is 94.6 Å². The highest BCUT2D eigenvalue weighted by atomic mass is 16.5. The summed E-state index contributed by atoms with van der Waals surface area (Å²) in [5, 5.41) is 11.4. The first-order valence-corrected chi connectivity index (χ1v) is 12.2. The molecule has 1 aliphatic rings. The van der Waals surface area contributed by atoms with Crippen LogP contribution in [0.15, 0.2) is 72.3 Å². The number of anilines is 1. The zero-order valence-electron chi connectivity index (χ0n) is 21.1. The number of nitrogens with zero attached hydrogens (tertiary/aromatic N) is 1. The van der Waals surface area contributed by atoms with Crippen molar-refractivity contribution in [1.82, 2.24) is 0 Å². The van der Waals surface area contributed by atoms with Crippen LogP contribution in [0, 0.1) is 6.92 Å². The summed E-state index contributed by atoms with van der Waals surface area (Å²) < 4.78 is 11.3. The number of carbonyl (C=O) groups excluding carboxylic acids is 2. The second-order valence-corrected chi connectivity index (χ2v) is 8.76. The molecule has 1 unspecified atom stereocenters. The SMILES string of the molecule is CCCOc1ccc(/C(O)=C2\C(=O)C(=O)N(c3ccc(CC)cc3)C2c2ccccc2OC)cc1C. The lowest BCUT2D eigenvalue weighted by Crippen LogP contribution is -2.29. The highest BCUT2D eigenvalue weighted by Gasteiger charge is 2.47. The fourth-order valence-corrected chi connectivity index (χ4v) is 4.50. The topological polar surface area (TPSA) is 76.1 Å². The van der Waals surface area contributed by atoms with Gasteiger partial charge in [-0.15, -0.1) is 0 Å². The molecule has 6 nitrogen and oxygen atoms in total. The van der Waals surface area contributed by atoms with Crippen LogP contribution in [0.4, 0.5) is 5.69 Å². The van der Waals surface area contributed by atoms with E-state index in [1.165, 1.54) is 4.90 Å². The summed E-state index contributed by atoms with van der Waals surface area (Å²) in [5.41, 5.74) is 3.58. The zero-order chi connectivity index (χ0) is 25.8. The Bertz CT molecular complexity index is 1310. The van der Waals surface area contributed by atoms with E-state index in [1.807, 2.05) is 56.3 Å². The van der Waals surface area contributed by atoms with E-state index in [-0.39, 0.29) is 11.3 Å². The minimum Gasteiger partial charge on any atom is -0.507 e. The van der Waals surface area contributed by atoms with Crippen LogP contribution < -0.4 is 14.4 Å². The van der Waals surface area contributed by atoms with Gasteiger partial charge in [0.05, 0.1) is 25.3 Å². The number of Topliss-reactive ketones (excluding diaryl/α,β-unsaturated/α-hetero) is 1. The van der Waals surface area contributed by atoms with Gasteiger partial charge in [-0.25, -0.2) is 0 Å². The average molecular weight is 486 g/mol. The minimum absolute atomic E-state index is 0.0192. The largest absolute Gasteiger partial charge is 0.507 e. The monoisotopic (exact) mass is 485 g/mol. The van der Waals surface area contributed by atoms with E-state index in [1.54, 1.807) is 31.4 Å². The van der Waals surface area contributed by atoms with Gasteiger partial charge in [0.2, 0.25) is 0 Å². The predicted octanol–water partition coefficient (Wildman–Crippen LogP) is 5.98. The van der Waals surface area contributed by atoms with Gasteiger partial charge in [-0.1, -0.05) is 44.2 Å². The molecule has 0 spiro atoms. The number of aryl methyl sites for hydroxylation is 2. The molecule has 1 amide bonds. The lowest BCUT2D eigenvalue weighted by Gasteiger charge is -2.26. The number of hydrogen-bond donors (Lipinski definition) is 1. The van der Waals surface area contributed by atoms with E-state index in [0.29, 0.717) is 34.9 Å². The van der Waals surface area contributed by atoms with Crippen molar-refractivity contribution in [3.8, 4) is 11.5 Å². The van der Waals surface area contributed by atoms with E-state index in [9.17, 15) is 14.7 Å². The molecule has 1 atom stereocenters. The Labute approximate surface area is 211 Å². The van der Waals surface area contributed by atoms with Gasteiger partial charge in [0, 0.05) is 16.8 Å². The van der Waals surface area contributed by atoms with Crippen molar-refractivity contribution in [3.63, 3.8) is 0 Å². The summed E-state index contributed by atoms with van der Waals surface area (Å²) in [6.45, 7) is 6.55. The summed E-state index contributed by atoms with van der Waals surface area (Å²) in [4.78, 5) is 28.3. The van der Waals surface area contributed by atoms with Gasteiger partial charge in [0.15, 0.2) is 0 Å². The van der Waals surface area contributed by atoms with E-state index >= 15 is 0 Å². The maximum atomic E-state index is 13.4. The molecule has 6 heteroatoms. The van der Waals surface area contributed by atoms with Gasteiger partial charge in [-0.3, -0.25) is 14.5 Å². The third kappa shape index (κ3) is 4.59. The highest BCUT2D eigenvalue weighted by Crippen LogP contribution is 2.45. The number of ether oxygens (including phenoxy) is 2. The Kier molecular flexibility index (Phi) is 7.44. The van der Waals surface area contributed by atoms with E-state index in [2.05, 4.69) is 6.92 Å². The van der Waals surface area contributed by atoms with Gasteiger partial charge < -0.3 is 14.6 Å². The standard InChI is InChI=1S/C30H31NO5/c1-5-17-36-24-16-13-21(18-19(24)3)28(32)26-27(23-9-7-8-10-25(23)35-4)31(30(34)29(26)33)22-14-11-20(6-2)12-15-22/h7-16,18,27,32H,5-6,17H2,1-4H3/b28-26+. The number of aliphatic hydroxyl groups excluding tert-OH is 1. The lowest BCUT2D eigenvalue weighted by molar-refractivity contribution is -0.132. The van der Waals surface area contributed by atoms with Gasteiger partial charge >= 0.3 is 0 Å². The molecular weight excluding hydrogens is 454 g/mol. The van der Waals surface area contributed by atoms with Crippen LogP contribution in [0.3, 0.4) is 0 Å². The Morgan fingerprint density at radius 1 is 0.972 bits per heavy atom. The molecule has 3 aromatic rings. The molecule has 1 N–H and O–H groups in total. The van der Waals surface area contributed by atoms with E-state index in [4.69, 9.17) is 9.47 Å². The fourth-order valence-electron chi connectivity index (χ4n) is 4.50. The number of methoxy groups -OCH3 is 1. The van der Waals surface area contributed by atoms with Crippen molar-refractivity contribution < 1.29 is 24.2 Å². The molecule has 36 heavy (non-hydrogen) atoms. The molecule has 4 rings (SSSR count).